The second-order valence-corrected chi connectivity index (χ2v) is 5.36. The summed E-state index contributed by atoms with van der Waals surface area (Å²) >= 11 is 0. The predicted octanol–water partition coefficient (Wildman–Crippen LogP) is 3.13. The third-order valence-electron chi connectivity index (χ3n) is 3.61. The van der Waals surface area contributed by atoms with Crippen LogP contribution >= 0.6 is 0 Å². The van der Waals surface area contributed by atoms with Gasteiger partial charge < -0.3 is 19.8 Å². The third kappa shape index (κ3) is 4.07. The fourth-order valence-electron chi connectivity index (χ4n) is 2.31. The van der Waals surface area contributed by atoms with E-state index >= 15 is 0 Å². The highest BCUT2D eigenvalue weighted by Crippen LogP contribution is 2.21. The third-order valence-corrected chi connectivity index (χ3v) is 3.61. The summed E-state index contributed by atoms with van der Waals surface area (Å²) in [6, 6.07) is 13.8. The van der Waals surface area contributed by atoms with Gasteiger partial charge in [0, 0.05) is 0 Å². The van der Waals surface area contributed by atoms with E-state index in [1.807, 2.05) is 0 Å². The molecule has 2 heterocycles. The zero-order valence-electron chi connectivity index (χ0n) is 14.1. The zero-order valence-corrected chi connectivity index (χ0v) is 14.1. The molecule has 0 unspecified atom stereocenters. The number of pyridine rings is 1. The van der Waals surface area contributed by atoms with Gasteiger partial charge in [0.1, 0.15) is 11.5 Å². The lowest BCUT2D eigenvalue weighted by Crippen LogP contribution is -2.23. The number of furan rings is 1. The molecule has 0 aliphatic heterocycles. The Morgan fingerprint density at radius 3 is 2.65 bits per heavy atom. The average molecular weight is 351 g/mol. The predicted molar refractivity (Wildman–Crippen MR) is 95.2 cm³/mol. The Balaban J connectivity index is 1.66. The van der Waals surface area contributed by atoms with E-state index in [9.17, 15) is 9.59 Å². The summed E-state index contributed by atoms with van der Waals surface area (Å²) in [5, 5.41) is 5.82. The van der Waals surface area contributed by atoms with Crippen LogP contribution in [0.2, 0.25) is 0 Å². The highest BCUT2D eigenvalue weighted by Gasteiger charge is 2.12. The van der Waals surface area contributed by atoms with Gasteiger partial charge in [-0.3, -0.25) is 4.79 Å². The second kappa shape index (κ2) is 7.98. The van der Waals surface area contributed by atoms with Crippen LogP contribution in [0.1, 0.15) is 26.6 Å². The van der Waals surface area contributed by atoms with Gasteiger partial charge in [-0.15, -0.1) is 0 Å². The lowest BCUT2D eigenvalue weighted by Gasteiger charge is -2.10. The van der Waals surface area contributed by atoms with E-state index < -0.39 is 5.97 Å². The summed E-state index contributed by atoms with van der Waals surface area (Å²) in [6.45, 7) is 0.292. The molecule has 3 rings (SSSR count). The lowest BCUT2D eigenvalue weighted by atomic mass is 10.1. The maximum atomic E-state index is 12.1. The van der Waals surface area contributed by atoms with Crippen LogP contribution in [0.5, 0.6) is 0 Å². The van der Waals surface area contributed by atoms with Crippen molar-refractivity contribution >= 4 is 23.3 Å². The normalized spacial score (nSPS) is 10.2. The number of esters is 1. The maximum absolute atomic E-state index is 12.1. The number of carbonyl (C=O) groups excluding carboxylic acids is 2. The van der Waals surface area contributed by atoms with Crippen LogP contribution in [0.25, 0.3) is 0 Å². The van der Waals surface area contributed by atoms with E-state index in [2.05, 4.69) is 15.6 Å². The van der Waals surface area contributed by atoms with Crippen molar-refractivity contribution in [1.82, 2.24) is 10.3 Å². The first kappa shape index (κ1) is 17.2. The number of ether oxygens (including phenoxy) is 1. The van der Waals surface area contributed by atoms with Crippen molar-refractivity contribution < 1.29 is 18.7 Å². The van der Waals surface area contributed by atoms with Crippen LogP contribution in [0, 0.1) is 0 Å². The monoisotopic (exact) mass is 351 g/mol. The van der Waals surface area contributed by atoms with Gasteiger partial charge in [-0.05, 0) is 36.4 Å². The molecule has 2 aromatic heterocycles. The molecule has 0 atom stereocenters. The zero-order chi connectivity index (χ0) is 18.4. The van der Waals surface area contributed by atoms with Crippen LogP contribution in [-0.2, 0) is 11.3 Å². The number of nitrogens with zero attached hydrogens (tertiary/aromatic N) is 1. The minimum absolute atomic E-state index is 0.281. The summed E-state index contributed by atoms with van der Waals surface area (Å²) in [6.07, 6.45) is 3.07. The van der Waals surface area contributed by atoms with Crippen LogP contribution in [0.15, 0.2) is 65.4 Å². The van der Waals surface area contributed by atoms with Crippen molar-refractivity contribution in [2.75, 3.05) is 12.4 Å². The van der Waals surface area contributed by atoms with Crippen molar-refractivity contribution in [3.05, 3.63) is 78.0 Å². The van der Waals surface area contributed by atoms with Gasteiger partial charge in [0.15, 0.2) is 0 Å². The molecule has 0 aliphatic carbocycles. The number of aromatic nitrogens is 1. The molecule has 7 nitrogen and oxygen atoms in total. The summed E-state index contributed by atoms with van der Waals surface area (Å²) in [7, 11) is 1.33. The fourth-order valence-corrected chi connectivity index (χ4v) is 2.31. The SMILES string of the molecule is COC(=O)c1ccccc1Nc1ccc(C(=O)NCc2ccco2)nc1. The molecule has 0 saturated carbocycles. The molecular formula is C19H17N3O4. The molecule has 3 aromatic rings. The molecule has 0 bridgehead atoms. The second-order valence-electron chi connectivity index (χ2n) is 5.36. The molecule has 7 heteroatoms. The Labute approximate surface area is 150 Å². The van der Waals surface area contributed by atoms with Gasteiger partial charge in [-0.25, -0.2) is 9.78 Å². The summed E-state index contributed by atoms with van der Waals surface area (Å²) in [5.41, 5.74) is 1.93. The number of amides is 1. The van der Waals surface area contributed by atoms with E-state index in [-0.39, 0.29) is 11.6 Å². The van der Waals surface area contributed by atoms with Crippen LogP contribution in [0.3, 0.4) is 0 Å². The summed E-state index contributed by atoms with van der Waals surface area (Å²) in [5.74, 6) is -0.0750. The molecule has 1 aromatic carbocycles. The average Bonchev–Trinajstić information content (AvgIpc) is 3.20. The number of methoxy groups -OCH3 is 1. The number of carbonyl (C=O) groups is 2. The molecule has 0 spiro atoms. The smallest absolute Gasteiger partial charge is 0.339 e. The quantitative estimate of drug-likeness (QED) is 0.663. The lowest BCUT2D eigenvalue weighted by molar-refractivity contribution is 0.0601. The number of hydrogen-bond donors (Lipinski definition) is 2. The van der Waals surface area contributed by atoms with Gasteiger partial charge in [0.05, 0.1) is 43.1 Å². The first-order chi connectivity index (χ1) is 12.7. The molecular weight excluding hydrogens is 334 g/mol. The van der Waals surface area contributed by atoms with Crippen molar-refractivity contribution in [3.8, 4) is 0 Å². The highest BCUT2D eigenvalue weighted by atomic mass is 16.5. The van der Waals surface area contributed by atoms with Crippen molar-refractivity contribution in [3.63, 3.8) is 0 Å². The molecule has 2 N–H and O–H groups in total. The first-order valence-corrected chi connectivity index (χ1v) is 7.88. The van der Waals surface area contributed by atoms with Crippen LogP contribution in [-0.4, -0.2) is 24.0 Å². The van der Waals surface area contributed by atoms with E-state index in [0.717, 1.165) is 0 Å². The first-order valence-electron chi connectivity index (χ1n) is 7.88. The van der Waals surface area contributed by atoms with Crippen LogP contribution < -0.4 is 10.6 Å². The Hall–Kier alpha value is -3.61. The Bertz CT molecular complexity index is 889. The minimum Gasteiger partial charge on any atom is -0.467 e. The van der Waals surface area contributed by atoms with Gasteiger partial charge in [0.25, 0.3) is 5.91 Å². The highest BCUT2D eigenvalue weighted by molar-refractivity contribution is 5.96. The van der Waals surface area contributed by atoms with Gasteiger partial charge in [-0.1, -0.05) is 12.1 Å². The molecule has 0 radical (unpaired) electrons. The van der Waals surface area contributed by atoms with Crippen molar-refractivity contribution in [1.29, 1.82) is 0 Å². The van der Waals surface area contributed by atoms with Gasteiger partial charge in [0.2, 0.25) is 0 Å². The molecule has 132 valence electrons. The molecule has 0 fully saturated rings. The number of nitrogens with one attached hydrogen (secondary N) is 2. The van der Waals surface area contributed by atoms with Crippen molar-refractivity contribution in [2.45, 2.75) is 6.54 Å². The van der Waals surface area contributed by atoms with Gasteiger partial charge >= 0.3 is 5.97 Å². The number of hydrogen-bond acceptors (Lipinski definition) is 6. The summed E-state index contributed by atoms with van der Waals surface area (Å²) in [4.78, 5) is 28.0. The van der Waals surface area contributed by atoms with Gasteiger partial charge in [-0.2, -0.15) is 0 Å². The van der Waals surface area contributed by atoms with E-state index in [4.69, 9.17) is 9.15 Å². The van der Waals surface area contributed by atoms with Crippen LogP contribution in [0.4, 0.5) is 11.4 Å². The van der Waals surface area contributed by atoms with E-state index in [1.54, 1.807) is 54.8 Å². The molecule has 0 saturated heterocycles. The number of anilines is 2. The Kier molecular flexibility index (Phi) is 5.28. The maximum Gasteiger partial charge on any atom is 0.339 e. The van der Waals surface area contributed by atoms with E-state index in [0.29, 0.717) is 29.2 Å². The fraction of sp³-hybridized carbons (Fsp3) is 0.105. The number of rotatable bonds is 6. The standard InChI is InChI=1S/C19H17N3O4/c1-25-19(24)15-6-2-3-7-16(15)22-13-8-9-17(20-11-13)18(23)21-12-14-5-4-10-26-14/h2-11,22H,12H2,1H3,(H,21,23). The number of benzene rings is 1. The topological polar surface area (TPSA) is 93.5 Å². The Morgan fingerprint density at radius 1 is 1.12 bits per heavy atom. The Morgan fingerprint density at radius 2 is 1.96 bits per heavy atom. The van der Waals surface area contributed by atoms with Crippen molar-refractivity contribution in [2.24, 2.45) is 0 Å². The number of para-hydroxylation sites is 1. The molecule has 1 amide bonds. The molecule has 0 aliphatic rings. The molecule has 26 heavy (non-hydrogen) atoms. The largest absolute Gasteiger partial charge is 0.467 e. The minimum atomic E-state index is -0.435. The summed E-state index contributed by atoms with van der Waals surface area (Å²) < 4.78 is 9.93. The van der Waals surface area contributed by atoms with E-state index in [1.165, 1.54) is 13.3 Å².